The number of nitrogens with one attached hydrogen (secondary N) is 1. The molecule has 1 aromatic carbocycles. The molecule has 0 spiro atoms. The van der Waals surface area contributed by atoms with Crippen molar-refractivity contribution in [1.82, 2.24) is 5.32 Å². The van der Waals surface area contributed by atoms with Crippen LogP contribution >= 0.6 is 11.8 Å². The highest BCUT2D eigenvalue weighted by molar-refractivity contribution is 7.99. The molecule has 0 saturated heterocycles. The van der Waals surface area contributed by atoms with Gasteiger partial charge in [-0.3, -0.25) is 0 Å². The van der Waals surface area contributed by atoms with Crippen LogP contribution in [0.3, 0.4) is 0 Å². The first-order valence-corrected chi connectivity index (χ1v) is 7.35. The molecule has 108 valence electrons. The lowest BCUT2D eigenvalue weighted by molar-refractivity contribution is 0.339. The summed E-state index contributed by atoms with van der Waals surface area (Å²) in [6.45, 7) is 6.00. The summed E-state index contributed by atoms with van der Waals surface area (Å²) >= 11 is 1.83. The van der Waals surface area contributed by atoms with Gasteiger partial charge in [-0.05, 0) is 37.8 Å². The van der Waals surface area contributed by atoms with E-state index in [9.17, 15) is 5.11 Å². The van der Waals surface area contributed by atoms with Crippen LogP contribution in [0.2, 0.25) is 0 Å². The van der Waals surface area contributed by atoms with Crippen molar-refractivity contribution in [1.29, 1.82) is 0 Å². The monoisotopic (exact) mass is 285 g/mol. The van der Waals surface area contributed by atoms with Crippen molar-refractivity contribution in [2.45, 2.75) is 25.1 Å². The van der Waals surface area contributed by atoms with E-state index in [-0.39, 0.29) is 10.5 Å². The molecule has 0 fully saturated rings. The Morgan fingerprint density at radius 3 is 2.16 bits per heavy atom. The number of thioether (sulfide) groups is 1. The van der Waals surface area contributed by atoms with Crippen LogP contribution in [0.15, 0.2) is 12.1 Å². The van der Waals surface area contributed by atoms with Crippen LogP contribution in [0.1, 0.15) is 19.4 Å². The minimum atomic E-state index is 0.0400. The molecule has 0 aliphatic carbocycles. The molecular weight excluding hydrogens is 262 g/mol. The van der Waals surface area contributed by atoms with E-state index in [1.54, 1.807) is 0 Å². The minimum absolute atomic E-state index is 0.0400. The Bertz CT molecular complexity index is 396. The molecule has 19 heavy (non-hydrogen) atoms. The highest BCUT2D eigenvalue weighted by Crippen LogP contribution is 2.37. The van der Waals surface area contributed by atoms with E-state index >= 15 is 0 Å². The zero-order valence-electron chi connectivity index (χ0n) is 12.2. The molecule has 0 unspecified atom stereocenters. The number of benzene rings is 1. The smallest absolute Gasteiger partial charge is 0.200 e. The van der Waals surface area contributed by atoms with Crippen molar-refractivity contribution in [2.24, 2.45) is 0 Å². The molecule has 0 aliphatic rings. The fourth-order valence-corrected chi connectivity index (χ4v) is 1.88. The molecule has 0 bridgehead atoms. The number of phenols is 1. The first-order valence-electron chi connectivity index (χ1n) is 6.13. The number of phenolic OH excluding ortho intramolecular Hbond substituents is 1. The molecule has 0 radical (unpaired) electrons. The van der Waals surface area contributed by atoms with Crippen molar-refractivity contribution in [3.05, 3.63) is 17.7 Å². The quantitative estimate of drug-likeness (QED) is 0.806. The Hall–Kier alpha value is -1.07. The van der Waals surface area contributed by atoms with Gasteiger partial charge in [0.1, 0.15) is 0 Å². The van der Waals surface area contributed by atoms with E-state index in [0.29, 0.717) is 18.0 Å². The van der Waals surface area contributed by atoms with Gasteiger partial charge in [-0.2, -0.15) is 11.8 Å². The van der Waals surface area contributed by atoms with Crippen LogP contribution in [-0.2, 0) is 6.54 Å². The van der Waals surface area contributed by atoms with Gasteiger partial charge in [-0.15, -0.1) is 0 Å². The molecule has 0 heterocycles. The van der Waals surface area contributed by atoms with Crippen LogP contribution in [0, 0.1) is 0 Å². The van der Waals surface area contributed by atoms with Gasteiger partial charge in [0.25, 0.3) is 0 Å². The molecular formula is C14H23NO3S. The predicted molar refractivity (Wildman–Crippen MR) is 80.5 cm³/mol. The van der Waals surface area contributed by atoms with E-state index < -0.39 is 0 Å². The van der Waals surface area contributed by atoms with Gasteiger partial charge in [0, 0.05) is 17.8 Å². The van der Waals surface area contributed by atoms with Crippen LogP contribution in [0.25, 0.3) is 0 Å². The second kappa shape index (κ2) is 6.91. The van der Waals surface area contributed by atoms with E-state index in [2.05, 4.69) is 25.4 Å². The fourth-order valence-electron chi connectivity index (χ4n) is 1.63. The van der Waals surface area contributed by atoms with Crippen molar-refractivity contribution in [3.63, 3.8) is 0 Å². The number of ether oxygens (including phenoxy) is 2. The maximum atomic E-state index is 9.83. The SMILES string of the molecule is COc1cc(CNCC(C)(C)SC)cc(OC)c1O. The van der Waals surface area contributed by atoms with Crippen molar-refractivity contribution in [2.75, 3.05) is 27.0 Å². The molecule has 1 rings (SSSR count). The van der Waals surface area contributed by atoms with Gasteiger partial charge in [0.2, 0.25) is 5.75 Å². The highest BCUT2D eigenvalue weighted by Gasteiger charge is 2.16. The minimum Gasteiger partial charge on any atom is -0.502 e. The second-order valence-corrected chi connectivity index (χ2v) is 6.43. The summed E-state index contributed by atoms with van der Waals surface area (Å²) < 4.78 is 10.5. The number of hydrogen-bond acceptors (Lipinski definition) is 5. The Morgan fingerprint density at radius 2 is 1.74 bits per heavy atom. The third-order valence-corrected chi connectivity index (χ3v) is 4.22. The lowest BCUT2D eigenvalue weighted by atomic mass is 10.1. The van der Waals surface area contributed by atoms with Crippen molar-refractivity contribution in [3.8, 4) is 17.2 Å². The van der Waals surface area contributed by atoms with Gasteiger partial charge >= 0.3 is 0 Å². The standard InChI is InChI=1S/C14H23NO3S/c1-14(2,19-5)9-15-8-10-6-11(17-3)13(16)12(7-10)18-4/h6-7,15-16H,8-9H2,1-5H3. The van der Waals surface area contributed by atoms with Crippen molar-refractivity contribution < 1.29 is 14.6 Å². The maximum Gasteiger partial charge on any atom is 0.200 e. The number of methoxy groups -OCH3 is 2. The topological polar surface area (TPSA) is 50.7 Å². The third-order valence-electron chi connectivity index (χ3n) is 2.97. The lowest BCUT2D eigenvalue weighted by Gasteiger charge is -2.22. The van der Waals surface area contributed by atoms with E-state index in [4.69, 9.17) is 9.47 Å². The van der Waals surface area contributed by atoms with E-state index in [0.717, 1.165) is 12.1 Å². The van der Waals surface area contributed by atoms with E-state index in [1.165, 1.54) is 14.2 Å². The van der Waals surface area contributed by atoms with Crippen LogP contribution in [0.4, 0.5) is 0 Å². The fraction of sp³-hybridized carbons (Fsp3) is 0.571. The molecule has 1 aromatic rings. The highest BCUT2D eigenvalue weighted by atomic mass is 32.2. The summed E-state index contributed by atoms with van der Waals surface area (Å²) in [4.78, 5) is 0. The summed E-state index contributed by atoms with van der Waals surface area (Å²) in [7, 11) is 3.06. The summed E-state index contributed by atoms with van der Waals surface area (Å²) in [5.74, 6) is 0.902. The molecule has 4 nitrogen and oxygen atoms in total. The van der Waals surface area contributed by atoms with Gasteiger partial charge in [0.05, 0.1) is 14.2 Å². The maximum absolute atomic E-state index is 9.83. The molecule has 0 atom stereocenters. The van der Waals surface area contributed by atoms with Crippen LogP contribution in [-0.4, -0.2) is 36.9 Å². The number of rotatable bonds is 7. The summed E-state index contributed by atoms with van der Waals surface area (Å²) in [6.07, 6.45) is 2.11. The van der Waals surface area contributed by atoms with Crippen LogP contribution in [0.5, 0.6) is 17.2 Å². The molecule has 2 N–H and O–H groups in total. The summed E-state index contributed by atoms with van der Waals surface area (Å²) in [6, 6.07) is 3.63. The zero-order chi connectivity index (χ0) is 14.5. The van der Waals surface area contributed by atoms with Gasteiger partial charge in [-0.1, -0.05) is 0 Å². The number of hydrogen-bond donors (Lipinski definition) is 2. The third kappa shape index (κ3) is 4.51. The molecule has 0 amide bonds. The number of aromatic hydroxyl groups is 1. The summed E-state index contributed by atoms with van der Waals surface area (Å²) in [5.41, 5.74) is 1.02. The Morgan fingerprint density at radius 1 is 1.21 bits per heavy atom. The molecule has 0 aromatic heterocycles. The average Bonchev–Trinajstić information content (AvgIpc) is 2.40. The van der Waals surface area contributed by atoms with Gasteiger partial charge < -0.3 is 19.9 Å². The van der Waals surface area contributed by atoms with Gasteiger partial charge in [0.15, 0.2) is 11.5 Å². The molecule has 5 heteroatoms. The van der Waals surface area contributed by atoms with Gasteiger partial charge in [-0.25, -0.2) is 0 Å². The summed E-state index contributed by atoms with van der Waals surface area (Å²) in [5, 5.41) is 13.2. The molecule has 0 aliphatic heterocycles. The first-order chi connectivity index (χ1) is 8.93. The van der Waals surface area contributed by atoms with E-state index in [1.807, 2.05) is 23.9 Å². The predicted octanol–water partition coefficient (Wildman–Crippen LogP) is 2.64. The second-order valence-electron chi connectivity index (χ2n) is 4.92. The largest absolute Gasteiger partial charge is 0.502 e. The normalized spacial score (nSPS) is 11.4. The first kappa shape index (κ1) is 16.0. The Labute approximate surface area is 119 Å². The average molecular weight is 285 g/mol. The Balaban J connectivity index is 2.74. The van der Waals surface area contributed by atoms with Crippen molar-refractivity contribution >= 4 is 11.8 Å². The molecule has 0 saturated carbocycles. The zero-order valence-corrected chi connectivity index (χ0v) is 13.1. The Kier molecular flexibility index (Phi) is 5.82. The lowest BCUT2D eigenvalue weighted by Crippen LogP contribution is -2.31. The van der Waals surface area contributed by atoms with Crippen LogP contribution < -0.4 is 14.8 Å².